The van der Waals surface area contributed by atoms with E-state index in [0.717, 1.165) is 31.7 Å². The summed E-state index contributed by atoms with van der Waals surface area (Å²) in [5.41, 5.74) is 0.958. The fraction of sp³-hybridized carbons (Fsp3) is 0.600. The van der Waals surface area contributed by atoms with Gasteiger partial charge in [-0.05, 0) is 31.5 Å². The first kappa shape index (κ1) is 14.3. The average molecular weight is 267 g/mol. The molecule has 1 heterocycles. The van der Waals surface area contributed by atoms with Crippen LogP contribution in [-0.4, -0.2) is 32.4 Å². The smallest absolute Gasteiger partial charge is 0.126 e. The Bertz CT molecular complexity index is 405. The molecule has 1 aliphatic heterocycles. The highest BCUT2D eigenvalue weighted by Gasteiger charge is 2.25. The first-order valence-electron chi connectivity index (χ1n) is 6.90. The molecule has 0 aliphatic carbocycles. The van der Waals surface area contributed by atoms with Gasteiger partial charge in [0, 0.05) is 24.6 Å². The molecule has 1 aromatic carbocycles. The minimum atomic E-state index is -0.259. The standard InChI is InChI=1S/C15H22FNO2/c1-3-17-14(12-6-7-18-9-12)10-19-15-8-13(16)5-4-11(15)2/h4-5,8,12,14,17H,3,6-7,9-10H2,1-2H3. The zero-order valence-electron chi connectivity index (χ0n) is 11.6. The monoisotopic (exact) mass is 267 g/mol. The molecule has 3 nitrogen and oxygen atoms in total. The van der Waals surface area contributed by atoms with E-state index in [4.69, 9.17) is 9.47 Å². The molecule has 2 unspecified atom stereocenters. The van der Waals surface area contributed by atoms with Gasteiger partial charge in [0.2, 0.25) is 0 Å². The topological polar surface area (TPSA) is 30.5 Å². The van der Waals surface area contributed by atoms with Gasteiger partial charge in [0.1, 0.15) is 18.2 Å². The van der Waals surface area contributed by atoms with Crippen molar-refractivity contribution < 1.29 is 13.9 Å². The molecule has 1 fully saturated rings. The van der Waals surface area contributed by atoms with E-state index in [1.165, 1.54) is 12.1 Å². The van der Waals surface area contributed by atoms with Crippen LogP contribution < -0.4 is 10.1 Å². The van der Waals surface area contributed by atoms with Crippen LogP contribution in [-0.2, 0) is 4.74 Å². The van der Waals surface area contributed by atoms with Gasteiger partial charge < -0.3 is 14.8 Å². The lowest BCUT2D eigenvalue weighted by Gasteiger charge is -2.23. The molecule has 0 spiro atoms. The highest BCUT2D eigenvalue weighted by Crippen LogP contribution is 2.21. The predicted molar refractivity (Wildman–Crippen MR) is 73.0 cm³/mol. The maximum Gasteiger partial charge on any atom is 0.126 e. The molecular weight excluding hydrogens is 245 g/mol. The van der Waals surface area contributed by atoms with Crippen molar-refractivity contribution >= 4 is 0 Å². The molecule has 0 amide bonds. The summed E-state index contributed by atoms with van der Waals surface area (Å²) in [6.07, 6.45) is 1.06. The van der Waals surface area contributed by atoms with E-state index in [1.807, 2.05) is 6.92 Å². The molecule has 4 heteroatoms. The van der Waals surface area contributed by atoms with E-state index < -0.39 is 0 Å². The van der Waals surface area contributed by atoms with Gasteiger partial charge in [0.25, 0.3) is 0 Å². The molecule has 106 valence electrons. The van der Waals surface area contributed by atoms with Crippen molar-refractivity contribution in [3.05, 3.63) is 29.6 Å². The van der Waals surface area contributed by atoms with Crippen LogP contribution in [0.1, 0.15) is 18.9 Å². The first-order chi connectivity index (χ1) is 9.20. The Morgan fingerprint density at radius 1 is 1.53 bits per heavy atom. The van der Waals surface area contributed by atoms with E-state index in [2.05, 4.69) is 12.2 Å². The fourth-order valence-corrected chi connectivity index (χ4v) is 2.40. The third-order valence-electron chi connectivity index (χ3n) is 3.57. The van der Waals surface area contributed by atoms with Crippen molar-refractivity contribution in [1.29, 1.82) is 0 Å². The Labute approximate surface area is 114 Å². The third-order valence-corrected chi connectivity index (χ3v) is 3.57. The second-order valence-corrected chi connectivity index (χ2v) is 5.01. The molecule has 1 saturated heterocycles. The Kier molecular flexibility index (Phi) is 5.16. The highest BCUT2D eigenvalue weighted by molar-refractivity contribution is 5.32. The van der Waals surface area contributed by atoms with Crippen LogP contribution in [0.4, 0.5) is 4.39 Å². The number of likely N-dealkylation sites (N-methyl/N-ethyl adjacent to an activating group) is 1. The number of benzene rings is 1. The Hall–Kier alpha value is -1.13. The van der Waals surface area contributed by atoms with Crippen LogP contribution in [0.3, 0.4) is 0 Å². The SMILES string of the molecule is CCNC(COc1cc(F)ccc1C)C1CCOC1. The zero-order valence-corrected chi connectivity index (χ0v) is 11.6. The average Bonchev–Trinajstić information content (AvgIpc) is 2.92. The largest absolute Gasteiger partial charge is 0.492 e. The summed E-state index contributed by atoms with van der Waals surface area (Å²) in [4.78, 5) is 0. The lowest BCUT2D eigenvalue weighted by molar-refractivity contribution is 0.160. The van der Waals surface area contributed by atoms with Crippen LogP contribution in [0.25, 0.3) is 0 Å². The second-order valence-electron chi connectivity index (χ2n) is 5.01. The Morgan fingerprint density at radius 2 is 2.37 bits per heavy atom. The first-order valence-corrected chi connectivity index (χ1v) is 6.90. The van der Waals surface area contributed by atoms with Crippen LogP contribution in [0.15, 0.2) is 18.2 Å². The number of ether oxygens (including phenoxy) is 2. The van der Waals surface area contributed by atoms with Crippen molar-refractivity contribution in [3.8, 4) is 5.75 Å². The van der Waals surface area contributed by atoms with Gasteiger partial charge in [-0.3, -0.25) is 0 Å². The quantitative estimate of drug-likeness (QED) is 0.859. The molecule has 1 N–H and O–H groups in total. The number of hydrogen-bond donors (Lipinski definition) is 1. The van der Waals surface area contributed by atoms with Crippen molar-refractivity contribution in [2.45, 2.75) is 26.3 Å². The van der Waals surface area contributed by atoms with Gasteiger partial charge >= 0.3 is 0 Å². The summed E-state index contributed by atoms with van der Waals surface area (Å²) in [6, 6.07) is 4.90. The number of halogens is 1. The second kappa shape index (κ2) is 6.87. The molecule has 1 aliphatic rings. The normalized spacial score (nSPS) is 20.5. The van der Waals surface area contributed by atoms with E-state index >= 15 is 0 Å². The molecule has 0 bridgehead atoms. The maximum atomic E-state index is 13.2. The van der Waals surface area contributed by atoms with Gasteiger partial charge in [-0.1, -0.05) is 13.0 Å². The third kappa shape index (κ3) is 3.91. The number of rotatable bonds is 6. The zero-order chi connectivity index (χ0) is 13.7. The molecule has 1 aromatic rings. The van der Waals surface area contributed by atoms with Gasteiger partial charge in [-0.25, -0.2) is 4.39 Å². The summed E-state index contributed by atoms with van der Waals surface area (Å²) in [5.74, 6) is 0.848. The molecule has 2 rings (SSSR count). The number of nitrogens with one attached hydrogen (secondary N) is 1. The van der Waals surface area contributed by atoms with Gasteiger partial charge in [-0.15, -0.1) is 0 Å². The highest BCUT2D eigenvalue weighted by atomic mass is 19.1. The van der Waals surface area contributed by atoms with Crippen LogP contribution >= 0.6 is 0 Å². The summed E-state index contributed by atoms with van der Waals surface area (Å²) in [7, 11) is 0. The van der Waals surface area contributed by atoms with Crippen molar-refractivity contribution in [3.63, 3.8) is 0 Å². The minimum absolute atomic E-state index is 0.259. The molecule has 19 heavy (non-hydrogen) atoms. The summed E-state index contributed by atoms with van der Waals surface area (Å²) < 4.78 is 24.4. The van der Waals surface area contributed by atoms with Crippen LogP contribution in [0.2, 0.25) is 0 Å². The van der Waals surface area contributed by atoms with Crippen LogP contribution in [0.5, 0.6) is 5.75 Å². The van der Waals surface area contributed by atoms with E-state index in [1.54, 1.807) is 6.07 Å². The van der Waals surface area contributed by atoms with Crippen molar-refractivity contribution in [1.82, 2.24) is 5.32 Å². The maximum absolute atomic E-state index is 13.2. The molecule has 0 saturated carbocycles. The lowest BCUT2D eigenvalue weighted by Crippen LogP contribution is -2.41. The number of hydrogen-bond acceptors (Lipinski definition) is 3. The van der Waals surface area contributed by atoms with E-state index in [9.17, 15) is 4.39 Å². The summed E-state index contributed by atoms with van der Waals surface area (Å²) >= 11 is 0. The molecule has 2 atom stereocenters. The summed E-state index contributed by atoms with van der Waals surface area (Å²) in [5, 5.41) is 3.43. The predicted octanol–water partition coefficient (Wildman–Crippen LogP) is 2.53. The summed E-state index contributed by atoms with van der Waals surface area (Å²) in [6.45, 7) is 7.06. The Balaban J connectivity index is 1.95. The molecule has 0 radical (unpaired) electrons. The Morgan fingerprint density at radius 3 is 3.05 bits per heavy atom. The van der Waals surface area contributed by atoms with Gasteiger partial charge in [0.05, 0.1) is 6.61 Å². The fourth-order valence-electron chi connectivity index (χ4n) is 2.40. The van der Waals surface area contributed by atoms with E-state index in [0.29, 0.717) is 18.3 Å². The van der Waals surface area contributed by atoms with E-state index in [-0.39, 0.29) is 11.9 Å². The lowest BCUT2D eigenvalue weighted by atomic mass is 10.00. The number of aryl methyl sites for hydroxylation is 1. The van der Waals surface area contributed by atoms with Gasteiger partial charge in [-0.2, -0.15) is 0 Å². The molecule has 0 aromatic heterocycles. The molecular formula is C15H22FNO2. The van der Waals surface area contributed by atoms with Gasteiger partial charge in [0.15, 0.2) is 0 Å². The van der Waals surface area contributed by atoms with Crippen molar-refractivity contribution in [2.24, 2.45) is 5.92 Å². The van der Waals surface area contributed by atoms with Crippen molar-refractivity contribution in [2.75, 3.05) is 26.4 Å². The van der Waals surface area contributed by atoms with Crippen LogP contribution in [0, 0.1) is 18.7 Å². The minimum Gasteiger partial charge on any atom is -0.492 e.